The molecule has 2 rings (SSSR count). The molecule has 3 N–H and O–H groups in total. The minimum absolute atomic E-state index is 0.229. The van der Waals surface area contributed by atoms with Gasteiger partial charge in [0.1, 0.15) is 0 Å². The largest absolute Gasteiger partial charge is 0.397 e. The van der Waals surface area contributed by atoms with E-state index in [1.807, 2.05) is 18.4 Å². The van der Waals surface area contributed by atoms with Crippen LogP contribution in [0.2, 0.25) is 5.02 Å². The molecule has 0 aliphatic rings. The van der Waals surface area contributed by atoms with Gasteiger partial charge in [0.25, 0.3) is 5.91 Å². The lowest BCUT2D eigenvalue weighted by atomic mass is 10.2. The molecule has 0 fully saturated rings. The third-order valence-corrected chi connectivity index (χ3v) is 3.70. The first-order valence-electron chi connectivity index (χ1n) is 5.61. The maximum atomic E-state index is 12.1. The molecule has 98 valence electrons. The number of benzene rings is 2. The second kappa shape index (κ2) is 5.99. The Morgan fingerprint density at radius 3 is 2.47 bits per heavy atom. The second-order valence-electron chi connectivity index (χ2n) is 3.89. The topological polar surface area (TPSA) is 55.1 Å². The number of nitrogens with one attached hydrogen (secondary N) is 1. The van der Waals surface area contributed by atoms with E-state index in [0.717, 1.165) is 4.90 Å². The minimum atomic E-state index is -0.229. The van der Waals surface area contributed by atoms with E-state index < -0.39 is 0 Å². The predicted octanol–water partition coefficient (Wildman–Crippen LogP) is 3.90. The molecule has 0 saturated heterocycles. The zero-order valence-corrected chi connectivity index (χ0v) is 11.9. The Hall–Kier alpha value is -1.65. The fourth-order valence-electron chi connectivity index (χ4n) is 1.60. The Labute approximate surface area is 121 Å². The van der Waals surface area contributed by atoms with Gasteiger partial charge in [0.05, 0.1) is 16.4 Å². The molecule has 0 aromatic heterocycles. The van der Waals surface area contributed by atoms with Crippen LogP contribution in [0.25, 0.3) is 0 Å². The van der Waals surface area contributed by atoms with Crippen molar-refractivity contribution in [1.29, 1.82) is 0 Å². The van der Waals surface area contributed by atoms with Crippen LogP contribution < -0.4 is 11.1 Å². The monoisotopic (exact) mass is 292 g/mol. The quantitative estimate of drug-likeness (QED) is 0.666. The van der Waals surface area contributed by atoms with Crippen molar-refractivity contribution >= 4 is 40.6 Å². The number of anilines is 2. The highest BCUT2D eigenvalue weighted by Gasteiger charge is 2.10. The van der Waals surface area contributed by atoms with E-state index in [1.54, 1.807) is 42.1 Å². The second-order valence-corrected chi connectivity index (χ2v) is 5.17. The number of halogens is 1. The van der Waals surface area contributed by atoms with Crippen molar-refractivity contribution in [3.63, 3.8) is 0 Å². The number of rotatable bonds is 3. The molecule has 2 aromatic rings. The summed E-state index contributed by atoms with van der Waals surface area (Å²) in [5, 5.41) is 3.15. The average Bonchev–Trinajstić information content (AvgIpc) is 2.43. The molecule has 0 atom stereocenters. The number of hydrogen-bond donors (Lipinski definition) is 2. The highest BCUT2D eigenvalue weighted by Crippen LogP contribution is 2.28. The Bertz CT molecular complexity index is 579. The molecular formula is C14H13ClN2OS. The van der Waals surface area contributed by atoms with Crippen molar-refractivity contribution in [3.8, 4) is 0 Å². The number of para-hydroxylation sites is 1. The molecule has 0 spiro atoms. The number of nitrogens with two attached hydrogens (primary N) is 1. The lowest BCUT2D eigenvalue weighted by Crippen LogP contribution is -2.13. The van der Waals surface area contributed by atoms with E-state index in [0.29, 0.717) is 22.0 Å². The first-order valence-corrected chi connectivity index (χ1v) is 7.21. The zero-order chi connectivity index (χ0) is 13.8. The summed E-state index contributed by atoms with van der Waals surface area (Å²) in [5.41, 5.74) is 7.25. The number of carbonyl (C=O) groups excluding carboxylic acids is 1. The van der Waals surface area contributed by atoms with Crippen LogP contribution in [0.5, 0.6) is 0 Å². The molecular weight excluding hydrogens is 280 g/mol. The first-order chi connectivity index (χ1) is 9.11. The number of amides is 1. The van der Waals surface area contributed by atoms with Crippen LogP contribution in [0.1, 0.15) is 10.4 Å². The molecule has 0 bridgehead atoms. The molecule has 0 aliphatic carbocycles. The molecule has 0 saturated carbocycles. The maximum absolute atomic E-state index is 12.1. The normalized spacial score (nSPS) is 10.2. The van der Waals surface area contributed by atoms with Gasteiger partial charge < -0.3 is 11.1 Å². The van der Waals surface area contributed by atoms with Gasteiger partial charge in [0.2, 0.25) is 0 Å². The smallest absolute Gasteiger partial charge is 0.255 e. The van der Waals surface area contributed by atoms with Crippen molar-refractivity contribution < 1.29 is 4.79 Å². The Kier molecular flexibility index (Phi) is 4.35. The minimum Gasteiger partial charge on any atom is -0.397 e. The van der Waals surface area contributed by atoms with Crippen molar-refractivity contribution in [2.24, 2.45) is 0 Å². The summed E-state index contributed by atoms with van der Waals surface area (Å²) in [5.74, 6) is -0.229. The van der Waals surface area contributed by atoms with E-state index in [2.05, 4.69) is 5.32 Å². The first kappa shape index (κ1) is 13.8. The zero-order valence-electron chi connectivity index (χ0n) is 10.3. The molecule has 2 aromatic carbocycles. The summed E-state index contributed by atoms with van der Waals surface area (Å²) in [4.78, 5) is 13.2. The molecule has 1 amide bonds. The number of carbonyl (C=O) groups is 1. The van der Waals surface area contributed by atoms with E-state index >= 15 is 0 Å². The fourth-order valence-corrected chi connectivity index (χ4v) is 2.24. The van der Waals surface area contributed by atoms with Gasteiger partial charge in [0, 0.05) is 10.5 Å². The van der Waals surface area contributed by atoms with Gasteiger partial charge in [-0.1, -0.05) is 17.7 Å². The number of nitrogen functional groups attached to an aromatic ring is 1. The maximum Gasteiger partial charge on any atom is 0.255 e. The van der Waals surface area contributed by atoms with Crippen LogP contribution in [0.4, 0.5) is 11.4 Å². The summed E-state index contributed by atoms with van der Waals surface area (Å²) >= 11 is 7.64. The molecule has 0 aliphatic heterocycles. The summed E-state index contributed by atoms with van der Waals surface area (Å²) in [6, 6.07) is 12.5. The highest BCUT2D eigenvalue weighted by molar-refractivity contribution is 7.98. The van der Waals surface area contributed by atoms with Crippen LogP contribution in [0, 0.1) is 0 Å². The van der Waals surface area contributed by atoms with Crippen LogP contribution in [0.3, 0.4) is 0 Å². The van der Waals surface area contributed by atoms with Crippen LogP contribution in [-0.4, -0.2) is 12.2 Å². The Balaban J connectivity index is 2.20. The van der Waals surface area contributed by atoms with Gasteiger partial charge in [0.15, 0.2) is 0 Å². The molecule has 0 unspecified atom stereocenters. The summed E-state index contributed by atoms with van der Waals surface area (Å²) in [7, 11) is 0. The Morgan fingerprint density at radius 2 is 1.89 bits per heavy atom. The number of hydrogen-bond acceptors (Lipinski definition) is 3. The standard InChI is InChI=1S/C14H13ClN2OS/c1-19-10-7-5-9(6-8-10)14(18)17-13-11(15)3-2-4-12(13)16/h2-8H,16H2,1H3,(H,17,18). The Morgan fingerprint density at radius 1 is 1.21 bits per heavy atom. The van der Waals surface area contributed by atoms with Crippen LogP contribution >= 0.6 is 23.4 Å². The molecule has 5 heteroatoms. The van der Waals surface area contributed by atoms with Crippen molar-refractivity contribution in [3.05, 3.63) is 53.1 Å². The van der Waals surface area contributed by atoms with Gasteiger partial charge in [-0.15, -0.1) is 11.8 Å². The third kappa shape index (κ3) is 3.22. The van der Waals surface area contributed by atoms with E-state index in [-0.39, 0.29) is 5.91 Å². The average molecular weight is 293 g/mol. The van der Waals surface area contributed by atoms with E-state index in [4.69, 9.17) is 17.3 Å². The summed E-state index contributed by atoms with van der Waals surface area (Å²) in [6.45, 7) is 0. The predicted molar refractivity (Wildman–Crippen MR) is 82.0 cm³/mol. The van der Waals surface area contributed by atoms with E-state index in [1.165, 1.54) is 0 Å². The molecule has 3 nitrogen and oxygen atoms in total. The van der Waals surface area contributed by atoms with Crippen molar-refractivity contribution in [2.75, 3.05) is 17.3 Å². The van der Waals surface area contributed by atoms with E-state index in [9.17, 15) is 4.79 Å². The molecule has 0 radical (unpaired) electrons. The van der Waals surface area contributed by atoms with Gasteiger partial charge in [-0.3, -0.25) is 4.79 Å². The van der Waals surface area contributed by atoms with Crippen molar-refractivity contribution in [1.82, 2.24) is 0 Å². The summed E-state index contributed by atoms with van der Waals surface area (Å²) < 4.78 is 0. The molecule has 0 heterocycles. The van der Waals surface area contributed by atoms with Gasteiger partial charge in [-0.05, 0) is 42.7 Å². The van der Waals surface area contributed by atoms with Crippen molar-refractivity contribution in [2.45, 2.75) is 4.90 Å². The van der Waals surface area contributed by atoms with Gasteiger partial charge >= 0.3 is 0 Å². The number of thioether (sulfide) groups is 1. The van der Waals surface area contributed by atoms with Crippen LogP contribution in [0.15, 0.2) is 47.4 Å². The lowest BCUT2D eigenvalue weighted by molar-refractivity contribution is 0.102. The summed E-state index contributed by atoms with van der Waals surface area (Å²) in [6.07, 6.45) is 1.99. The lowest BCUT2D eigenvalue weighted by Gasteiger charge is -2.10. The fraction of sp³-hybridized carbons (Fsp3) is 0.0714. The van der Waals surface area contributed by atoms with Gasteiger partial charge in [-0.25, -0.2) is 0 Å². The molecule has 19 heavy (non-hydrogen) atoms. The van der Waals surface area contributed by atoms with Gasteiger partial charge in [-0.2, -0.15) is 0 Å². The third-order valence-electron chi connectivity index (χ3n) is 2.64. The SMILES string of the molecule is CSc1ccc(C(=O)Nc2c(N)cccc2Cl)cc1. The van der Waals surface area contributed by atoms with Crippen LogP contribution in [-0.2, 0) is 0 Å². The highest BCUT2D eigenvalue weighted by atomic mass is 35.5.